The van der Waals surface area contributed by atoms with E-state index in [1.54, 1.807) is 30.8 Å². The second-order valence-corrected chi connectivity index (χ2v) is 10.7. The molecular weight excluding hydrogens is 464 g/mol. The number of benzene rings is 2. The molecule has 1 aliphatic heterocycles. The van der Waals surface area contributed by atoms with Crippen molar-refractivity contribution in [1.82, 2.24) is 5.16 Å². The minimum atomic E-state index is -3.97. The van der Waals surface area contributed by atoms with Gasteiger partial charge in [0.25, 0.3) is 10.0 Å². The van der Waals surface area contributed by atoms with Gasteiger partial charge in [-0.3, -0.25) is 4.31 Å². The number of anilines is 1. The van der Waals surface area contributed by atoms with Gasteiger partial charge in [-0.15, -0.1) is 11.8 Å². The third-order valence-electron chi connectivity index (χ3n) is 5.21. The normalized spacial score (nSPS) is 16.1. The van der Waals surface area contributed by atoms with Gasteiger partial charge in [-0.05, 0) is 43.7 Å². The molecule has 0 bridgehead atoms. The van der Waals surface area contributed by atoms with E-state index < -0.39 is 16.0 Å². The number of rotatable bonds is 6. The minimum Gasteiger partial charge on any atom is -0.495 e. The van der Waals surface area contributed by atoms with Crippen LogP contribution in [0.15, 0.2) is 62.8 Å². The summed E-state index contributed by atoms with van der Waals surface area (Å²) in [5.41, 5.74) is 1.10. The SMILES string of the molecule is CCOC(=O)c1cc(-c2ccc(OC)c(S(=O)(=O)N3CCC(C)Sc4ccccc43)c2)on1. The zero-order valence-electron chi connectivity index (χ0n) is 18.5. The molecule has 8 nitrogen and oxygen atoms in total. The lowest BCUT2D eigenvalue weighted by atomic mass is 10.1. The van der Waals surface area contributed by atoms with Gasteiger partial charge in [0.15, 0.2) is 11.5 Å². The number of para-hydroxylation sites is 1. The Bertz CT molecular complexity index is 1270. The van der Waals surface area contributed by atoms with Crippen molar-refractivity contribution in [2.45, 2.75) is 35.3 Å². The zero-order valence-corrected chi connectivity index (χ0v) is 20.1. The summed E-state index contributed by atoms with van der Waals surface area (Å²) in [5.74, 6) is -0.148. The highest BCUT2D eigenvalue weighted by Crippen LogP contribution is 2.41. The molecule has 174 valence electrons. The molecule has 0 spiro atoms. The zero-order chi connectivity index (χ0) is 23.6. The van der Waals surface area contributed by atoms with Crippen LogP contribution in [0.1, 0.15) is 30.8 Å². The summed E-state index contributed by atoms with van der Waals surface area (Å²) in [6.07, 6.45) is 0.700. The Morgan fingerprint density at radius 2 is 2.03 bits per heavy atom. The molecule has 1 unspecified atom stereocenters. The van der Waals surface area contributed by atoms with Crippen LogP contribution in [0.5, 0.6) is 5.75 Å². The van der Waals surface area contributed by atoms with Crippen LogP contribution in [0.3, 0.4) is 0 Å². The first-order chi connectivity index (χ1) is 15.8. The fourth-order valence-corrected chi connectivity index (χ4v) is 6.42. The van der Waals surface area contributed by atoms with Crippen LogP contribution in [0.4, 0.5) is 5.69 Å². The molecule has 0 amide bonds. The van der Waals surface area contributed by atoms with Gasteiger partial charge >= 0.3 is 5.97 Å². The summed E-state index contributed by atoms with van der Waals surface area (Å²) >= 11 is 1.66. The van der Waals surface area contributed by atoms with E-state index in [-0.39, 0.29) is 34.0 Å². The Morgan fingerprint density at radius 3 is 2.79 bits per heavy atom. The first-order valence-electron chi connectivity index (χ1n) is 10.5. The predicted molar refractivity (Wildman–Crippen MR) is 125 cm³/mol. The van der Waals surface area contributed by atoms with E-state index in [1.165, 1.54) is 23.5 Å². The average Bonchev–Trinajstić information content (AvgIpc) is 3.23. The van der Waals surface area contributed by atoms with Gasteiger partial charge in [0.2, 0.25) is 0 Å². The van der Waals surface area contributed by atoms with Crippen LogP contribution < -0.4 is 9.04 Å². The second kappa shape index (κ2) is 9.48. The van der Waals surface area contributed by atoms with E-state index in [1.807, 2.05) is 24.3 Å². The highest BCUT2D eigenvalue weighted by atomic mass is 32.2. The lowest BCUT2D eigenvalue weighted by Gasteiger charge is -2.25. The number of fused-ring (bicyclic) bond motifs is 1. The second-order valence-electron chi connectivity index (χ2n) is 7.42. The number of esters is 1. The van der Waals surface area contributed by atoms with E-state index in [0.717, 1.165) is 4.90 Å². The van der Waals surface area contributed by atoms with Gasteiger partial charge in [-0.25, -0.2) is 13.2 Å². The molecule has 0 radical (unpaired) electrons. The Morgan fingerprint density at radius 1 is 1.24 bits per heavy atom. The minimum absolute atomic E-state index is 0.00550. The molecule has 0 saturated carbocycles. The van der Waals surface area contributed by atoms with Crippen molar-refractivity contribution in [2.75, 3.05) is 24.6 Å². The number of nitrogens with zero attached hydrogens (tertiary/aromatic N) is 2. The molecule has 1 aromatic heterocycles. The number of sulfonamides is 1. The van der Waals surface area contributed by atoms with Crippen molar-refractivity contribution in [1.29, 1.82) is 0 Å². The molecule has 2 heterocycles. The third-order valence-corrected chi connectivity index (χ3v) is 8.28. The Kier molecular flexibility index (Phi) is 6.66. The predicted octanol–water partition coefficient (Wildman–Crippen LogP) is 4.61. The number of hydrogen-bond acceptors (Lipinski definition) is 8. The Labute approximate surface area is 196 Å². The molecule has 1 aliphatic rings. The monoisotopic (exact) mass is 488 g/mol. The summed E-state index contributed by atoms with van der Waals surface area (Å²) in [4.78, 5) is 12.8. The largest absolute Gasteiger partial charge is 0.495 e. The maximum absolute atomic E-state index is 13.9. The van der Waals surface area contributed by atoms with Crippen molar-refractivity contribution in [3.05, 3.63) is 54.2 Å². The van der Waals surface area contributed by atoms with Crippen LogP contribution in [-0.4, -0.2) is 45.1 Å². The molecule has 0 N–H and O–H groups in total. The number of thioether (sulfide) groups is 1. The van der Waals surface area contributed by atoms with E-state index in [9.17, 15) is 13.2 Å². The lowest BCUT2D eigenvalue weighted by molar-refractivity contribution is 0.0514. The van der Waals surface area contributed by atoms with E-state index in [0.29, 0.717) is 24.2 Å². The molecule has 4 rings (SSSR count). The van der Waals surface area contributed by atoms with Gasteiger partial charge in [0, 0.05) is 28.3 Å². The molecule has 0 fully saturated rings. The highest BCUT2D eigenvalue weighted by molar-refractivity contribution is 8.00. The molecule has 0 aliphatic carbocycles. The van der Waals surface area contributed by atoms with Crippen LogP contribution in [0.2, 0.25) is 0 Å². The fourth-order valence-electron chi connectivity index (χ4n) is 3.57. The van der Waals surface area contributed by atoms with Crippen molar-refractivity contribution < 1.29 is 27.2 Å². The average molecular weight is 489 g/mol. The molecule has 10 heteroatoms. The van der Waals surface area contributed by atoms with Crippen LogP contribution in [0.25, 0.3) is 11.3 Å². The molecular formula is C23H24N2O6S2. The van der Waals surface area contributed by atoms with Crippen molar-refractivity contribution in [3.8, 4) is 17.1 Å². The van der Waals surface area contributed by atoms with Gasteiger partial charge in [0.05, 0.1) is 19.4 Å². The first kappa shape index (κ1) is 23.2. The summed E-state index contributed by atoms with van der Waals surface area (Å²) in [5, 5.41) is 4.02. The lowest BCUT2D eigenvalue weighted by Crippen LogP contribution is -2.32. The maximum atomic E-state index is 13.9. The van der Waals surface area contributed by atoms with E-state index >= 15 is 0 Å². The topological polar surface area (TPSA) is 98.9 Å². The standard InChI is InChI=1S/C23H24N2O6S2/c1-4-30-23(26)17-14-20(31-24-17)16-9-10-19(29-3)22(13-16)33(27,28)25-12-11-15(2)32-21-8-6-5-7-18(21)25/h5-10,13-15H,4,11-12H2,1-3H3. The van der Waals surface area contributed by atoms with Crippen molar-refractivity contribution >= 4 is 33.4 Å². The highest BCUT2D eigenvalue weighted by Gasteiger charge is 2.32. The summed E-state index contributed by atoms with van der Waals surface area (Å²) in [7, 11) is -2.55. The maximum Gasteiger partial charge on any atom is 0.360 e. The molecule has 33 heavy (non-hydrogen) atoms. The van der Waals surface area contributed by atoms with Crippen LogP contribution in [0, 0.1) is 0 Å². The quantitative estimate of drug-likeness (QED) is 0.464. The number of aromatic nitrogens is 1. The number of ether oxygens (including phenoxy) is 2. The number of carbonyl (C=O) groups is 1. The number of methoxy groups -OCH3 is 1. The third kappa shape index (κ3) is 4.58. The Balaban J connectivity index is 1.78. The molecule has 0 saturated heterocycles. The molecule has 2 aromatic carbocycles. The summed E-state index contributed by atoms with van der Waals surface area (Å²) in [6.45, 7) is 4.33. The Hall–Kier alpha value is -2.98. The number of carbonyl (C=O) groups excluding carboxylic acids is 1. The summed E-state index contributed by atoms with van der Waals surface area (Å²) < 4.78 is 44.8. The first-order valence-corrected chi connectivity index (χ1v) is 12.8. The smallest absolute Gasteiger partial charge is 0.360 e. The number of hydrogen-bond donors (Lipinski definition) is 0. The van der Waals surface area contributed by atoms with Gasteiger partial charge in [0.1, 0.15) is 10.6 Å². The van der Waals surface area contributed by atoms with Crippen LogP contribution >= 0.6 is 11.8 Å². The van der Waals surface area contributed by atoms with Gasteiger partial charge in [-0.1, -0.05) is 24.2 Å². The van der Waals surface area contributed by atoms with Crippen molar-refractivity contribution in [2.24, 2.45) is 0 Å². The molecule has 3 aromatic rings. The van der Waals surface area contributed by atoms with Gasteiger partial charge in [-0.2, -0.15) is 0 Å². The van der Waals surface area contributed by atoms with Crippen LogP contribution in [-0.2, 0) is 14.8 Å². The van der Waals surface area contributed by atoms with E-state index in [2.05, 4.69) is 12.1 Å². The molecule has 1 atom stereocenters. The summed E-state index contributed by atoms with van der Waals surface area (Å²) in [6, 6.07) is 13.6. The van der Waals surface area contributed by atoms with Crippen molar-refractivity contribution in [3.63, 3.8) is 0 Å². The van der Waals surface area contributed by atoms with E-state index in [4.69, 9.17) is 14.0 Å². The fraction of sp³-hybridized carbons (Fsp3) is 0.304. The van der Waals surface area contributed by atoms with Gasteiger partial charge < -0.3 is 14.0 Å².